The Bertz CT molecular complexity index is 979. The Morgan fingerprint density at radius 1 is 0.909 bits per heavy atom. The second-order valence-electron chi connectivity index (χ2n) is 7.95. The second-order valence-corrected chi connectivity index (χ2v) is 8.36. The SMILES string of the molecule is CN(C)c1ccc(NC(=S)Nc2ccc(CCNC[C@H](O)COc3ccccc3)cc2)cc1. The number of anilines is 3. The molecular formula is C26H32N4O2S. The summed E-state index contributed by atoms with van der Waals surface area (Å²) >= 11 is 5.42. The first-order valence-electron chi connectivity index (χ1n) is 11.0. The molecule has 3 rings (SSSR count). The van der Waals surface area contributed by atoms with Gasteiger partial charge in [-0.2, -0.15) is 0 Å². The summed E-state index contributed by atoms with van der Waals surface area (Å²) in [6, 6.07) is 25.8. The van der Waals surface area contributed by atoms with Gasteiger partial charge in [0.15, 0.2) is 5.11 Å². The van der Waals surface area contributed by atoms with Gasteiger partial charge in [-0.25, -0.2) is 0 Å². The molecule has 4 N–H and O–H groups in total. The summed E-state index contributed by atoms with van der Waals surface area (Å²) in [5.74, 6) is 0.766. The average Bonchev–Trinajstić information content (AvgIpc) is 2.82. The summed E-state index contributed by atoms with van der Waals surface area (Å²) in [5, 5.41) is 20.3. The third-order valence-electron chi connectivity index (χ3n) is 5.01. The monoisotopic (exact) mass is 464 g/mol. The Labute approximate surface area is 201 Å². The highest BCUT2D eigenvalue weighted by Crippen LogP contribution is 2.16. The highest BCUT2D eigenvalue weighted by Gasteiger charge is 2.05. The molecule has 0 unspecified atom stereocenters. The van der Waals surface area contributed by atoms with Crippen LogP contribution in [0.5, 0.6) is 5.75 Å². The molecule has 0 spiro atoms. The Morgan fingerprint density at radius 3 is 2.12 bits per heavy atom. The van der Waals surface area contributed by atoms with Crippen molar-refractivity contribution in [2.45, 2.75) is 12.5 Å². The Kier molecular flexibility index (Phi) is 9.50. The lowest BCUT2D eigenvalue weighted by Gasteiger charge is -2.15. The lowest BCUT2D eigenvalue weighted by molar-refractivity contribution is 0.106. The number of aliphatic hydroxyl groups is 1. The topological polar surface area (TPSA) is 68.8 Å². The van der Waals surface area contributed by atoms with Crippen LogP contribution in [-0.2, 0) is 6.42 Å². The Balaban J connectivity index is 1.33. The van der Waals surface area contributed by atoms with Crippen LogP contribution < -0.4 is 25.6 Å². The molecule has 0 aliphatic rings. The van der Waals surface area contributed by atoms with Crippen LogP contribution in [-0.4, -0.2) is 50.1 Å². The van der Waals surface area contributed by atoms with Crippen molar-refractivity contribution in [3.05, 3.63) is 84.4 Å². The number of nitrogens with zero attached hydrogens (tertiary/aromatic N) is 1. The molecule has 6 nitrogen and oxygen atoms in total. The van der Waals surface area contributed by atoms with Crippen LogP contribution in [0.25, 0.3) is 0 Å². The molecule has 0 saturated heterocycles. The lowest BCUT2D eigenvalue weighted by atomic mass is 10.1. The molecule has 0 saturated carbocycles. The van der Waals surface area contributed by atoms with Crippen LogP contribution in [0.1, 0.15) is 5.56 Å². The van der Waals surface area contributed by atoms with Gasteiger partial charge < -0.3 is 30.7 Å². The molecular weight excluding hydrogens is 432 g/mol. The zero-order valence-electron chi connectivity index (χ0n) is 19.1. The largest absolute Gasteiger partial charge is 0.491 e. The summed E-state index contributed by atoms with van der Waals surface area (Å²) in [4.78, 5) is 2.06. The molecule has 7 heteroatoms. The van der Waals surface area contributed by atoms with E-state index in [1.54, 1.807) is 0 Å². The van der Waals surface area contributed by atoms with Crippen molar-refractivity contribution >= 4 is 34.4 Å². The maximum atomic E-state index is 10.1. The Hall–Kier alpha value is -3.13. The molecule has 0 amide bonds. The fraction of sp³-hybridized carbons (Fsp3) is 0.269. The van der Waals surface area contributed by atoms with E-state index >= 15 is 0 Å². The summed E-state index contributed by atoms with van der Waals surface area (Å²) < 4.78 is 5.57. The normalized spacial score (nSPS) is 11.5. The first-order chi connectivity index (χ1) is 16.0. The van der Waals surface area contributed by atoms with Crippen molar-refractivity contribution in [3.8, 4) is 5.75 Å². The van der Waals surface area contributed by atoms with Gasteiger partial charge in [0, 0.05) is 37.7 Å². The molecule has 0 bridgehead atoms. The fourth-order valence-electron chi connectivity index (χ4n) is 3.16. The van der Waals surface area contributed by atoms with Gasteiger partial charge in [-0.15, -0.1) is 0 Å². The molecule has 0 heterocycles. The van der Waals surface area contributed by atoms with E-state index in [9.17, 15) is 5.11 Å². The Morgan fingerprint density at radius 2 is 1.52 bits per heavy atom. The molecule has 174 valence electrons. The number of aliphatic hydroxyl groups excluding tert-OH is 1. The molecule has 3 aromatic carbocycles. The number of hydrogen-bond donors (Lipinski definition) is 4. The predicted molar refractivity (Wildman–Crippen MR) is 142 cm³/mol. The van der Waals surface area contributed by atoms with Gasteiger partial charge in [0.05, 0.1) is 0 Å². The van der Waals surface area contributed by atoms with Gasteiger partial charge in [0.25, 0.3) is 0 Å². The summed E-state index contributed by atoms with van der Waals surface area (Å²) in [5.41, 5.74) is 4.22. The average molecular weight is 465 g/mol. The van der Waals surface area contributed by atoms with Gasteiger partial charge in [-0.3, -0.25) is 0 Å². The maximum Gasteiger partial charge on any atom is 0.175 e. The molecule has 0 radical (unpaired) electrons. The number of rotatable bonds is 11. The minimum atomic E-state index is -0.552. The van der Waals surface area contributed by atoms with Crippen LogP contribution in [0.2, 0.25) is 0 Å². The van der Waals surface area contributed by atoms with Crippen molar-refractivity contribution < 1.29 is 9.84 Å². The van der Waals surface area contributed by atoms with E-state index in [-0.39, 0.29) is 6.61 Å². The molecule has 1 atom stereocenters. The molecule has 0 aliphatic heterocycles. The van der Waals surface area contributed by atoms with Crippen molar-refractivity contribution in [1.82, 2.24) is 5.32 Å². The summed E-state index contributed by atoms with van der Waals surface area (Å²) in [7, 11) is 4.03. The van der Waals surface area contributed by atoms with Gasteiger partial charge in [-0.05, 0) is 79.3 Å². The van der Waals surface area contributed by atoms with E-state index in [1.165, 1.54) is 5.56 Å². The zero-order chi connectivity index (χ0) is 23.5. The number of benzene rings is 3. The van der Waals surface area contributed by atoms with Gasteiger partial charge in [0.2, 0.25) is 0 Å². The number of hydrogen-bond acceptors (Lipinski definition) is 5. The van der Waals surface area contributed by atoms with E-state index in [0.29, 0.717) is 11.7 Å². The van der Waals surface area contributed by atoms with Crippen molar-refractivity contribution in [2.75, 3.05) is 49.3 Å². The third kappa shape index (κ3) is 8.73. The zero-order valence-corrected chi connectivity index (χ0v) is 19.9. The van der Waals surface area contributed by atoms with Crippen LogP contribution in [0, 0.1) is 0 Å². The number of thiocarbonyl (C=S) groups is 1. The van der Waals surface area contributed by atoms with E-state index < -0.39 is 6.10 Å². The molecule has 0 aromatic heterocycles. The lowest BCUT2D eigenvalue weighted by Crippen LogP contribution is -2.32. The van der Waals surface area contributed by atoms with E-state index in [4.69, 9.17) is 17.0 Å². The number of para-hydroxylation sites is 1. The van der Waals surface area contributed by atoms with Crippen LogP contribution in [0.4, 0.5) is 17.1 Å². The second kappa shape index (κ2) is 12.8. The molecule has 3 aromatic rings. The smallest absolute Gasteiger partial charge is 0.175 e. The third-order valence-corrected chi connectivity index (χ3v) is 5.21. The highest BCUT2D eigenvalue weighted by atomic mass is 32.1. The quantitative estimate of drug-likeness (QED) is 0.251. The van der Waals surface area contributed by atoms with Crippen molar-refractivity contribution in [3.63, 3.8) is 0 Å². The van der Waals surface area contributed by atoms with Gasteiger partial charge in [0.1, 0.15) is 18.5 Å². The van der Waals surface area contributed by atoms with E-state index in [1.807, 2.05) is 80.8 Å². The number of nitrogens with one attached hydrogen (secondary N) is 3. The first kappa shape index (κ1) is 24.5. The van der Waals surface area contributed by atoms with Crippen LogP contribution in [0.15, 0.2) is 78.9 Å². The predicted octanol–water partition coefficient (Wildman–Crippen LogP) is 4.13. The maximum absolute atomic E-state index is 10.1. The highest BCUT2D eigenvalue weighted by molar-refractivity contribution is 7.80. The first-order valence-corrected chi connectivity index (χ1v) is 11.4. The summed E-state index contributed by atoms with van der Waals surface area (Å²) in [6.45, 7) is 1.53. The standard InChI is InChI=1S/C26H32N4O2S/c1-30(2)23-14-12-22(13-15-23)29-26(33)28-21-10-8-20(9-11-21)16-17-27-18-24(31)19-32-25-6-4-3-5-7-25/h3-15,24,27,31H,16-19H2,1-2H3,(H2,28,29,33)/t24-/m0/s1. The van der Waals surface area contributed by atoms with Gasteiger partial charge in [-0.1, -0.05) is 30.3 Å². The minimum Gasteiger partial charge on any atom is -0.491 e. The van der Waals surface area contributed by atoms with Crippen molar-refractivity contribution in [1.29, 1.82) is 0 Å². The van der Waals surface area contributed by atoms with Crippen molar-refractivity contribution in [2.24, 2.45) is 0 Å². The van der Waals surface area contributed by atoms with Gasteiger partial charge >= 0.3 is 0 Å². The summed E-state index contributed by atoms with van der Waals surface area (Å²) in [6.07, 6.45) is 0.317. The molecule has 0 fully saturated rings. The minimum absolute atomic E-state index is 0.269. The van der Waals surface area contributed by atoms with E-state index in [0.717, 1.165) is 35.8 Å². The molecule has 33 heavy (non-hydrogen) atoms. The molecule has 0 aliphatic carbocycles. The van der Waals surface area contributed by atoms with Crippen LogP contribution >= 0.6 is 12.2 Å². The van der Waals surface area contributed by atoms with Crippen LogP contribution in [0.3, 0.4) is 0 Å². The fourth-order valence-corrected chi connectivity index (χ4v) is 3.40. The number of ether oxygens (including phenoxy) is 1. The van der Waals surface area contributed by atoms with E-state index in [2.05, 4.69) is 33.0 Å².